The van der Waals surface area contributed by atoms with Gasteiger partial charge in [-0.3, -0.25) is 4.79 Å². The quantitative estimate of drug-likeness (QED) is 0.815. The molecule has 92 valence electrons. The Hall–Kier alpha value is -1.20. The van der Waals surface area contributed by atoms with Crippen molar-refractivity contribution >= 4 is 40.5 Å². The summed E-state index contributed by atoms with van der Waals surface area (Å²) in [7, 11) is 0. The number of hydrogen-bond donors (Lipinski definition) is 2. The second-order valence-electron chi connectivity index (χ2n) is 3.73. The number of anilines is 1. The summed E-state index contributed by atoms with van der Waals surface area (Å²) in [6.45, 7) is 3.51. The topological polar surface area (TPSA) is 41.1 Å². The van der Waals surface area contributed by atoms with E-state index in [2.05, 4.69) is 10.6 Å². The molecule has 0 saturated heterocycles. The molecule has 2 N–H and O–H groups in total. The molecule has 0 saturated carbocycles. The van der Waals surface area contributed by atoms with Gasteiger partial charge in [-0.25, -0.2) is 4.39 Å². The highest BCUT2D eigenvalue weighted by Crippen LogP contribution is 2.19. The molecular weight excluding hydrogens is 263 g/mol. The number of amides is 1. The number of hydrogen-bond acceptors (Lipinski definition) is 2. The summed E-state index contributed by atoms with van der Waals surface area (Å²) in [6, 6.07) is 4.09. The maximum atomic E-state index is 12.9. The number of rotatable bonds is 2. The molecule has 1 aromatic carbocycles. The lowest BCUT2D eigenvalue weighted by molar-refractivity contribution is -0.122. The molecule has 0 unspecified atom stereocenters. The molecule has 0 bridgehead atoms. The zero-order chi connectivity index (χ0) is 13.0. The minimum Gasteiger partial charge on any atom is -0.332 e. The van der Waals surface area contributed by atoms with Crippen molar-refractivity contribution in [2.75, 3.05) is 5.32 Å². The van der Waals surface area contributed by atoms with Gasteiger partial charge in [0.1, 0.15) is 5.82 Å². The van der Waals surface area contributed by atoms with E-state index >= 15 is 0 Å². The monoisotopic (exact) mass is 274 g/mol. The van der Waals surface area contributed by atoms with Gasteiger partial charge in [0, 0.05) is 11.6 Å². The van der Waals surface area contributed by atoms with Gasteiger partial charge in [0.15, 0.2) is 5.11 Å². The van der Waals surface area contributed by atoms with Gasteiger partial charge in [0.25, 0.3) is 0 Å². The zero-order valence-electron chi connectivity index (χ0n) is 9.38. The van der Waals surface area contributed by atoms with E-state index in [-0.39, 0.29) is 22.0 Å². The van der Waals surface area contributed by atoms with Crippen molar-refractivity contribution in [1.82, 2.24) is 5.32 Å². The third kappa shape index (κ3) is 4.28. The van der Waals surface area contributed by atoms with Crippen LogP contribution < -0.4 is 10.6 Å². The first-order valence-electron chi connectivity index (χ1n) is 4.97. The van der Waals surface area contributed by atoms with Crippen LogP contribution in [-0.4, -0.2) is 11.0 Å². The minimum absolute atomic E-state index is 0.00649. The lowest BCUT2D eigenvalue weighted by atomic mass is 10.2. The number of benzene rings is 1. The number of carbonyl (C=O) groups is 1. The zero-order valence-corrected chi connectivity index (χ0v) is 11.0. The van der Waals surface area contributed by atoms with Crippen LogP contribution in [0.1, 0.15) is 13.8 Å². The predicted molar refractivity (Wildman–Crippen MR) is 70.6 cm³/mol. The van der Waals surface area contributed by atoms with Gasteiger partial charge in [0.05, 0.1) is 5.02 Å². The summed E-state index contributed by atoms with van der Waals surface area (Å²) in [6.07, 6.45) is 0. The Kier molecular flexibility index (Phi) is 4.84. The smallest absolute Gasteiger partial charge is 0.228 e. The third-order valence-electron chi connectivity index (χ3n) is 1.94. The van der Waals surface area contributed by atoms with Crippen molar-refractivity contribution in [2.24, 2.45) is 5.92 Å². The van der Waals surface area contributed by atoms with Crippen LogP contribution in [0.2, 0.25) is 5.02 Å². The van der Waals surface area contributed by atoms with Gasteiger partial charge in [-0.2, -0.15) is 0 Å². The van der Waals surface area contributed by atoms with Crippen LogP contribution in [0.15, 0.2) is 18.2 Å². The van der Waals surface area contributed by atoms with Crippen molar-refractivity contribution in [2.45, 2.75) is 13.8 Å². The molecular formula is C11H12ClFN2OS. The molecule has 1 aromatic rings. The van der Waals surface area contributed by atoms with E-state index in [1.54, 1.807) is 13.8 Å². The molecule has 0 heterocycles. The molecule has 3 nitrogen and oxygen atoms in total. The molecule has 1 rings (SSSR count). The fourth-order valence-electron chi connectivity index (χ4n) is 0.992. The summed E-state index contributed by atoms with van der Waals surface area (Å²) in [5.41, 5.74) is 0.519. The molecule has 1 amide bonds. The molecule has 0 spiro atoms. The Morgan fingerprint density at radius 2 is 2.12 bits per heavy atom. The van der Waals surface area contributed by atoms with E-state index in [1.165, 1.54) is 18.2 Å². The Balaban J connectivity index is 2.62. The summed E-state index contributed by atoms with van der Waals surface area (Å²) >= 11 is 10.5. The Labute approximate surface area is 109 Å². The second-order valence-corrected chi connectivity index (χ2v) is 4.54. The van der Waals surface area contributed by atoms with E-state index in [9.17, 15) is 9.18 Å². The largest absolute Gasteiger partial charge is 0.332 e. The summed E-state index contributed by atoms with van der Waals surface area (Å²) in [5, 5.41) is 5.40. The molecule has 0 fully saturated rings. The highest BCUT2D eigenvalue weighted by Gasteiger charge is 2.09. The van der Waals surface area contributed by atoms with Crippen molar-refractivity contribution < 1.29 is 9.18 Å². The van der Waals surface area contributed by atoms with E-state index in [4.69, 9.17) is 23.8 Å². The average molecular weight is 275 g/mol. The van der Waals surface area contributed by atoms with E-state index in [1.807, 2.05) is 0 Å². The van der Waals surface area contributed by atoms with Crippen LogP contribution in [0.5, 0.6) is 0 Å². The van der Waals surface area contributed by atoms with Crippen LogP contribution in [0.3, 0.4) is 0 Å². The number of carbonyl (C=O) groups excluding carboxylic acids is 1. The normalized spacial score (nSPS) is 10.2. The van der Waals surface area contributed by atoms with Crippen molar-refractivity contribution in [3.05, 3.63) is 29.0 Å². The number of nitrogens with one attached hydrogen (secondary N) is 2. The highest BCUT2D eigenvalue weighted by atomic mass is 35.5. The first-order chi connectivity index (χ1) is 7.90. The van der Waals surface area contributed by atoms with Crippen molar-refractivity contribution in [3.8, 4) is 0 Å². The Bertz CT molecular complexity index is 451. The maximum absolute atomic E-state index is 12.9. The van der Waals surface area contributed by atoms with E-state index in [0.29, 0.717) is 5.69 Å². The van der Waals surface area contributed by atoms with Gasteiger partial charge in [0.2, 0.25) is 5.91 Å². The minimum atomic E-state index is -0.505. The second kappa shape index (κ2) is 5.93. The highest BCUT2D eigenvalue weighted by molar-refractivity contribution is 7.80. The predicted octanol–water partition coefficient (Wildman–Crippen LogP) is 2.95. The Morgan fingerprint density at radius 1 is 1.47 bits per heavy atom. The van der Waals surface area contributed by atoms with Crippen LogP contribution in [-0.2, 0) is 4.79 Å². The van der Waals surface area contributed by atoms with Crippen LogP contribution in [0.4, 0.5) is 10.1 Å². The lowest BCUT2D eigenvalue weighted by Gasteiger charge is -2.11. The van der Waals surface area contributed by atoms with Crippen LogP contribution in [0, 0.1) is 11.7 Å². The molecule has 0 radical (unpaired) electrons. The summed E-state index contributed by atoms with van der Waals surface area (Å²) < 4.78 is 12.9. The van der Waals surface area contributed by atoms with Gasteiger partial charge >= 0.3 is 0 Å². The molecule has 0 aliphatic heterocycles. The third-order valence-corrected chi connectivity index (χ3v) is 2.43. The fraction of sp³-hybridized carbons (Fsp3) is 0.273. The number of halogens is 2. The molecule has 0 aromatic heterocycles. The standard InChI is InChI=1S/C11H12ClFN2OS/c1-6(2)10(16)15-11(17)14-7-3-4-9(13)8(12)5-7/h3-6H,1-2H3,(H2,14,15,16,17). The molecule has 0 aliphatic rings. The Morgan fingerprint density at radius 3 is 2.65 bits per heavy atom. The van der Waals surface area contributed by atoms with E-state index < -0.39 is 5.82 Å². The molecule has 17 heavy (non-hydrogen) atoms. The fourth-order valence-corrected chi connectivity index (χ4v) is 1.39. The summed E-state index contributed by atoms with van der Waals surface area (Å²) in [4.78, 5) is 11.3. The average Bonchev–Trinajstić information content (AvgIpc) is 2.23. The van der Waals surface area contributed by atoms with Gasteiger partial charge in [-0.15, -0.1) is 0 Å². The van der Waals surface area contributed by atoms with Gasteiger partial charge < -0.3 is 10.6 Å². The van der Waals surface area contributed by atoms with Gasteiger partial charge in [-0.05, 0) is 30.4 Å². The van der Waals surface area contributed by atoms with E-state index in [0.717, 1.165) is 0 Å². The van der Waals surface area contributed by atoms with Crippen LogP contribution >= 0.6 is 23.8 Å². The maximum Gasteiger partial charge on any atom is 0.228 e. The van der Waals surface area contributed by atoms with Crippen molar-refractivity contribution in [3.63, 3.8) is 0 Å². The first kappa shape index (κ1) is 13.9. The van der Waals surface area contributed by atoms with Gasteiger partial charge in [-0.1, -0.05) is 25.4 Å². The first-order valence-corrected chi connectivity index (χ1v) is 5.75. The molecule has 0 aliphatic carbocycles. The SMILES string of the molecule is CC(C)C(=O)NC(=S)Nc1ccc(F)c(Cl)c1. The molecule has 0 atom stereocenters. The number of thiocarbonyl (C=S) groups is 1. The lowest BCUT2D eigenvalue weighted by Crippen LogP contribution is -2.36. The van der Waals surface area contributed by atoms with Crippen LogP contribution in [0.25, 0.3) is 0 Å². The summed E-state index contributed by atoms with van der Waals surface area (Å²) in [5.74, 6) is -0.850. The van der Waals surface area contributed by atoms with Crippen molar-refractivity contribution in [1.29, 1.82) is 0 Å². The molecule has 6 heteroatoms.